The molecule has 10 heteroatoms. The van der Waals surface area contributed by atoms with Gasteiger partial charge in [0.25, 0.3) is 0 Å². The summed E-state index contributed by atoms with van der Waals surface area (Å²) in [5, 5.41) is 5.36. The maximum Gasteiger partial charge on any atom is 0.243 e. The average molecular weight is 439 g/mol. The predicted molar refractivity (Wildman–Crippen MR) is 116 cm³/mol. The fraction of sp³-hybridized carbons (Fsp3) is 0.286. The van der Waals surface area contributed by atoms with Gasteiger partial charge in [0, 0.05) is 24.4 Å². The Balaban J connectivity index is 1.54. The molecule has 1 aliphatic heterocycles. The zero-order valence-electron chi connectivity index (χ0n) is 17.0. The van der Waals surface area contributed by atoms with E-state index in [2.05, 4.69) is 10.1 Å². The molecule has 1 atom stereocenters. The van der Waals surface area contributed by atoms with E-state index in [0.29, 0.717) is 40.7 Å². The first-order valence-corrected chi connectivity index (χ1v) is 11.5. The molecular formula is C21H22N6O3S. The molecule has 2 aromatic carbocycles. The van der Waals surface area contributed by atoms with Gasteiger partial charge in [0.1, 0.15) is 11.3 Å². The third kappa shape index (κ3) is 3.28. The Labute approximate surface area is 179 Å². The molecule has 0 radical (unpaired) electrons. The molecule has 4 aromatic rings. The lowest BCUT2D eigenvalue weighted by Crippen LogP contribution is -2.39. The lowest BCUT2D eigenvalue weighted by atomic mass is 9.99. The fourth-order valence-electron chi connectivity index (χ4n) is 4.09. The van der Waals surface area contributed by atoms with Gasteiger partial charge < -0.3 is 10.5 Å². The van der Waals surface area contributed by atoms with Crippen molar-refractivity contribution in [3.05, 3.63) is 54.4 Å². The molecule has 31 heavy (non-hydrogen) atoms. The first-order valence-electron chi connectivity index (χ1n) is 10.0. The Morgan fingerprint density at radius 3 is 2.68 bits per heavy atom. The van der Waals surface area contributed by atoms with Crippen molar-refractivity contribution in [2.75, 3.05) is 25.9 Å². The van der Waals surface area contributed by atoms with Gasteiger partial charge in [0.15, 0.2) is 11.5 Å². The molecule has 0 aliphatic carbocycles. The average Bonchev–Trinajstić information content (AvgIpc) is 3.26. The number of anilines is 1. The van der Waals surface area contributed by atoms with E-state index < -0.39 is 10.0 Å². The van der Waals surface area contributed by atoms with Crippen LogP contribution < -0.4 is 10.5 Å². The molecule has 0 amide bonds. The molecule has 1 fully saturated rings. The summed E-state index contributed by atoms with van der Waals surface area (Å²) in [5.74, 6) is 1.24. The number of piperidine rings is 1. The van der Waals surface area contributed by atoms with Crippen LogP contribution in [0.5, 0.6) is 5.75 Å². The van der Waals surface area contributed by atoms with E-state index in [9.17, 15) is 8.42 Å². The molecule has 5 rings (SSSR count). The fourth-order valence-corrected chi connectivity index (χ4v) is 5.64. The van der Waals surface area contributed by atoms with Crippen molar-refractivity contribution >= 4 is 32.5 Å². The van der Waals surface area contributed by atoms with Crippen LogP contribution in [0.1, 0.15) is 24.6 Å². The number of fused-ring (bicyclic) bond motifs is 3. The highest BCUT2D eigenvalue weighted by Gasteiger charge is 2.33. The summed E-state index contributed by atoms with van der Waals surface area (Å²) in [6.07, 6.45) is 1.53. The Hall–Kier alpha value is -3.24. The molecule has 0 bridgehead atoms. The van der Waals surface area contributed by atoms with Gasteiger partial charge in [-0.1, -0.05) is 24.3 Å². The molecule has 0 unspecified atom stereocenters. The van der Waals surface area contributed by atoms with E-state index >= 15 is 0 Å². The zero-order valence-corrected chi connectivity index (χ0v) is 17.8. The van der Waals surface area contributed by atoms with Crippen LogP contribution in [-0.4, -0.2) is 52.5 Å². The minimum absolute atomic E-state index is 0.132. The largest absolute Gasteiger partial charge is 0.494 e. The summed E-state index contributed by atoms with van der Waals surface area (Å²) in [4.78, 5) is 9.48. The van der Waals surface area contributed by atoms with Crippen molar-refractivity contribution in [3.8, 4) is 5.75 Å². The summed E-state index contributed by atoms with van der Waals surface area (Å²) in [7, 11) is -1.99. The normalized spacial score (nSPS) is 17.9. The number of hydrogen-bond donors (Lipinski definition) is 1. The smallest absolute Gasteiger partial charge is 0.243 e. The van der Waals surface area contributed by atoms with E-state index in [1.54, 1.807) is 37.4 Å². The van der Waals surface area contributed by atoms with Gasteiger partial charge in [-0.25, -0.2) is 18.4 Å². The van der Waals surface area contributed by atoms with Crippen molar-refractivity contribution in [2.24, 2.45) is 0 Å². The minimum Gasteiger partial charge on any atom is -0.494 e. The van der Waals surface area contributed by atoms with E-state index in [1.165, 1.54) is 8.82 Å². The van der Waals surface area contributed by atoms with Crippen LogP contribution in [0.15, 0.2) is 53.4 Å². The number of hydrogen-bond acceptors (Lipinski definition) is 7. The Bertz CT molecular complexity index is 1370. The summed E-state index contributed by atoms with van der Waals surface area (Å²) < 4.78 is 34.6. The van der Waals surface area contributed by atoms with Crippen molar-refractivity contribution < 1.29 is 13.2 Å². The molecule has 160 valence electrons. The van der Waals surface area contributed by atoms with Crippen molar-refractivity contribution in [1.82, 2.24) is 23.9 Å². The predicted octanol–water partition coefficient (Wildman–Crippen LogP) is 2.44. The van der Waals surface area contributed by atoms with Gasteiger partial charge in [-0.15, -0.1) is 5.10 Å². The molecular weight excluding hydrogens is 416 g/mol. The summed E-state index contributed by atoms with van der Waals surface area (Å²) >= 11 is 0. The maximum absolute atomic E-state index is 13.1. The van der Waals surface area contributed by atoms with E-state index in [1.807, 2.05) is 18.2 Å². The molecule has 1 saturated heterocycles. The number of sulfonamides is 1. The molecule has 9 nitrogen and oxygen atoms in total. The topological polar surface area (TPSA) is 116 Å². The number of para-hydroxylation sites is 1. The first-order chi connectivity index (χ1) is 15.0. The molecule has 2 aromatic heterocycles. The highest BCUT2D eigenvalue weighted by molar-refractivity contribution is 7.89. The number of methoxy groups -OCH3 is 1. The number of ether oxygens (including phenoxy) is 1. The summed E-state index contributed by atoms with van der Waals surface area (Å²) in [5.41, 5.74) is 7.35. The molecule has 1 aliphatic rings. The van der Waals surface area contributed by atoms with E-state index in [0.717, 1.165) is 18.2 Å². The van der Waals surface area contributed by atoms with Crippen LogP contribution in [0.4, 0.5) is 5.95 Å². The van der Waals surface area contributed by atoms with Crippen LogP contribution in [0, 0.1) is 0 Å². The van der Waals surface area contributed by atoms with Crippen molar-refractivity contribution in [2.45, 2.75) is 23.7 Å². The van der Waals surface area contributed by atoms with Crippen LogP contribution in [-0.2, 0) is 10.0 Å². The van der Waals surface area contributed by atoms with E-state index in [-0.39, 0.29) is 11.9 Å². The standard InChI is InChI=1S/C21H22N6O3S/c1-30-17-11-5-10-16-18(17)23-21(22)27-20(16)24-19(25-27)14-7-6-12-26(13-14)31(28,29)15-8-3-2-4-9-15/h2-5,8-11,14H,6-7,12-13H2,1H3,(H2,22,23)/t14-/m1/s1. The maximum atomic E-state index is 13.1. The van der Waals surface area contributed by atoms with Gasteiger partial charge in [-0.3, -0.25) is 0 Å². The van der Waals surface area contributed by atoms with E-state index in [4.69, 9.17) is 15.5 Å². The third-order valence-electron chi connectivity index (χ3n) is 5.66. The number of nitrogens with two attached hydrogens (primary N) is 1. The van der Waals surface area contributed by atoms with Crippen molar-refractivity contribution in [1.29, 1.82) is 0 Å². The number of benzene rings is 2. The Morgan fingerprint density at radius 2 is 1.90 bits per heavy atom. The Morgan fingerprint density at radius 1 is 1.10 bits per heavy atom. The van der Waals surface area contributed by atoms with Gasteiger partial charge in [-0.2, -0.15) is 8.82 Å². The SMILES string of the molecule is COc1cccc2c1nc(N)n1nc([C@@H]3CCCN(S(=O)(=O)c4ccccc4)C3)nc21. The van der Waals surface area contributed by atoms with Crippen LogP contribution >= 0.6 is 0 Å². The molecule has 0 spiro atoms. The second-order valence-electron chi connectivity index (χ2n) is 7.55. The molecule has 0 saturated carbocycles. The highest BCUT2D eigenvalue weighted by Crippen LogP contribution is 2.32. The number of rotatable bonds is 4. The van der Waals surface area contributed by atoms with Gasteiger partial charge in [0.05, 0.1) is 12.0 Å². The molecule has 3 heterocycles. The quantitative estimate of drug-likeness (QED) is 0.520. The summed E-state index contributed by atoms with van der Waals surface area (Å²) in [6, 6.07) is 14.1. The minimum atomic E-state index is -3.57. The lowest BCUT2D eigenvalue weighted by molar-refractivity contribution is 0.309. The second kappa shape index (κ2) is 7.47. The zero-order chi connectivity index (χ0) is 21.6. The van der Waals surface area contributed by atoms with Crippen molar-refractivity contribution in [3.63, 3.8) is 0 Å². The number of nitrogen functional groups attached to an aromatic ring is 1. The van der Waals surface area contributed by atoms with Crippen LogP contribution in [0.25, 0.3) is 16.6 Å². The first kappa shape index (κ1) is 19.7. The summed E-state index contributed by atoms with van der Waals surface area (Å²) in [6.45, 7) is 0.799. The Kier molecular flexibility index (Phi) is 4.75. The molecule has 2 N–H and O–H groups in total. The number of nitrogens with zero attached hydrogens (tertiary/aromatic N) is 5. The van der Waals surface area contributed by atoms with Crippen LogP contribution in [0.3, 0.4) is 0 Å². The third-order valence-corrected chi connectivity index (χ3v) is 7.54. The van der Waals surface area contributed by atoms with Gasteiger partial charge in [-0.05, 0) is 37.1 Å². The van der Waals surface area contributed by atoms with Crippen LogP contribution in [0.2, 0.25) is 0 Å². The highest BCUT2D eigenvalue weighted by atomic mass is 32.2. The number of aromatic nitrogens is 4. The lowest BCUT2D eigenvalue weighted by Gasteiger charge is -2.30. The monoisotopic (exact) mass is 438 g/mol. The van der Waals surface area contributed by atoms with Gasteiger partial charge in [0.2, 0.25) is 16.0 Å². The second-order valence-corrected chi connectivity index (χ2v) is 9.49. The van der Waals surface area contributed by atoms with Gasteiger partial charge >= 0.3 is 0 Å².